The molecule has 0 heterocycles. The van der Waals surface area contributed by atoms with E-state index in [4.69, 9.17) is 4.74 Å². The van der Waals surface area contributed by atoms with E-state index in [1.807, 2.05) is 0 Å². The van der Waals surface area contributed by atoms with Crippen molar-refractivity contribution in [3.05, 3.63) is 89.0 Å². The Kier molecular flexibility index (Phi) is 6.27. The second kappa shape index (κ2) is 8.77. The Labute approximate surface area is 194 Å². The molecule has 0 radical (unpaired) electrons. The zero-order valence-corrected chi connectivity index (χ0v) is 18.8. The van der Waals surface area contributed by atoms with E-state index in [9.17, 15) is 0 Å². The lowest BCUT2D eigenvalue weighted by molar-refractivity contribution is -0.196. The second-order valence-electron chi connectivity index (χ2n) is 8.56. The van der Waals surface area contributed by atoms with Crippen LogP contribution in [0, 0.1) is 11.7 Å². The summed E-state index contributed by atoms with van der Waals surface area (Å²) >= 11 is 0. The number of benzene rings is 2. The van der Waals surface area contributed by atoms with Crippen LogP contribution in [0.2, 0.25) is 0 Å². The first-order chi connectivity index (χ1) is 16.1. The van der Waals surface area contributed by atoms with Gasteiger partial charge in [-0.25, -0.2) is 8.78 Å². The van der Waals surface area contributed by atoms with Gasteiger partial charge in [0, 0.05) is 18.1 Å². The Morgan fingerprint density at radius 1 is 0.971 bits per heavy atom. The monoisotopic (exact) mass is 478 g/mol. The Balaban J connectivity index is 1.89. The number of hydrogen-bond acceptors (Lipinski definition) is 1. The molecule has 2 unspecified atom stereocenters. The lowest BCUT2D eigenvalue weighted by atomic mass is 9.72. The molecule has 180 valence electrons. The minimum atomic E-state index is -4.96. The van der Waals surface area contributed by atoms with Gasteiger partial charge in [0.25, 0.3) is 0 Å². The van der Waals surface area contributed by atoms with E-state index in [2.05, 4.69) is 6.58 Å². The first kappa shape index (κ1) is 24.3. The van der Waals surface area contributed by atoms with Gasteiger partial charge in [-0.1, -0.05) is 55.5 Å². The normalized spacial score (nSPS) is 22.6. The molecule has 0 aliphatic heterocycles. The summed E-state index contributed by atoms with van der Waals surface area (Å²) in [5, 5.41) is 0. The molecule has 2 aliphatic carbocycles. The minimum Gasteiger partial charge on any atom is -0.371 e. The van der Waals surface area contributed by atoms with Gasteiger partial charge in [-0.2, -0.15) is 17.6 Å². The van der Waals surface area contributed by atoms with Gasteiger partial charge in [0.2, 0.25) is 0 Å². The lowest BCUT2D eigenvalue weighted by Crippen LogP contribution is -2.47. The number of rotatable bonds is 6. The molecular weight excluding hydrogens is 454 g/mol. The summed E-state index contributed by atoms with van der Waals surface area (Å²) in [6.07, 6.45) is 3.04. The first-order valence-corrected chi connectivity index (χ1v) is 11.1. The highest BCUT2D eigenvalue weighted by Gasteiger charge is 2.67. The van der Waals surface area contributed by atoms with E-state index < -0.39 is 57.8 Å². The highest BCUT2D eigenvalue weighted by atomic mass is 19.3. The maximum absolute atomic E-state index is 15.5. The third-order valence-corrected chi connectivity index (χ3v) is 6.37. The Hall–Kier alpha value is -2.80. The Morgan fingerprint density at radius 3 is 2.24 bits per heavy atom. The van der Waals surface area contributed by atoms with Crippen LogP contribution in [0.1, 0.15) is 37.0 Å². The molecule has 2 aromatic rings. The van der Waals surface area contributed by atoms with Crippen LogP contribution in [0.15, 0.2) is 66.5 Å². The standard InChI is InChI=1S/C27H24F6O/c1-4-6-7-16-8-10-17(11-9-16)18-12-13-19-20-14-15(3)25(34-5-2)24(29)22(20)27(32,33)26(30,31)21(19)23(18)28/h4,8-15,25H,1,5-7H2,2-3H3. The van der Waals surface area contributed by atoms with Gasteiger partial charge in [-0.05, 0) is 42.0 Å². The van der Waals surface area contributed by atoms with Crippen molar-refractivity contribution in [1.82, 2.24) is 0 Å². The topological polar surface area (TPSA) is 9.23 Å². The number of fused-ring (bicyclic) bond motifs is 3. The van der Waals surface area contributed by atoms with E-state index in [0.29, 0.717) is 6.42 Å². The van der Waals surface area contributed by atoms with Gasteiger partial charge >= 0.3 is 11.8 Å². The molecule has 4 rings (SSSR count). The minimum absolute atomic E-state index is 0.0157. The predicted octanol–water partition coefficient (Wildman–Crippen LogP) is 8.01. The van der Waals surface area contributed by atoms with Crippen molar-refractivity contribution < 1.29 is 31.1 Å². The summed E-state index contributed by atoms with van der Waals surface area (Å²) in [4.78, 5) is 0. The van der Waals surface area contributed by atoms with Crippen molar-refractivity contribution in [2.75, 3.05) is 6.61 Å². The van der Waals surface area contributed by atoms with Gasteiger partial charge in [-0.15, -0.1) is 6.58 Å². The van der Waals surface area contributed by atoms with Crippen LogP contribution in [0.25, 0.3) is 16.7 Å². The quantitative estimate of drug-likeness (QED) is 0.302. The molecule has 0 fully saturated rings. The molecule has 1 nitrogen and oxygen atoms in total. The summed E-state index contributed by atoms with van der Waals surface area (Å²) in [5.41, 5.74) is -2.72. The van der Waals surface area contributed by atoms with E-state index in [0.717, 1.165) is 18.1 Å². The summed E-state index contributed by atoms with van der Waals surface area (Å²) in [6.45, 7) is 6.75. The smallest absolute Gasteiger partial charge is 0.343 e. The van der Waals surface area contributed by atoms with Crippen LogP contribution in [-0.4, -0.2) is 18.6 Å². The number of aryl methyl sites for hydroxylation is 1. The van der Waals surface area contributed by atoms with Crippen LogP contribution in [0.5, 0.6) is 0 Å². The molecule has 2 aliphatic rings. The van der Waals surface area contributed by atoms with Crippen LogP contribution in [0.3, 0.4) is 0 Å². The van der Waals surface area contributed by atoms with Gasteiger partial charge in [0.05, 0.1) is 11.1 Å². The predicted molar refractivity (Wildman–Crippen MR) is 120 cm³/mol. The van der Waals surface area contributed by atoms with Crippen molar-refractivity contribution in [3.63, 3.8) is 0 Å². The molecule has 34 heavy (non-hydrogen) atoms. The van der Waals surface area contributed by atoms with Crippen LogP contribution < -0.4 is 0 Å². The zero-order valence-electron chi connectivity index (χ0n) is 18.8. The average Bonchev–Trinajstić information content (AvgIpc) is 2.79. The fourth-order valence-electron chi connectivity index (χ4n) is 4.65. The van der Waals surface area contributed by atoms with Gasteiger partial charge in [0.1, 0.15) is 17.7 Å². The largest absolute Gasteiger partial charge is 0.371 e. The maximum atomic E-state index is 15.5. The fraction of sp³-hybridized carbons (Fsp3) is 0.333. The number of hydrogen-bond donors (Lipinski definition) is 0. The van der Waals surface area contributed by atoms with Crippen molar-refractivity contribution in [3.8, 4) is 11.1 Å². The van der Waals surface area contributed by atoms with Crippen molar-refractivity contribution in [2.24, 2.45) is 5.92 Å². The summed E-state index contributed by atoms with van der Waals surface area (Å²) in [5.74, 6) is -13.5. The Bertz CT molecular complexity index is 1180. The van der Waals surface area contributed by atoms with E-state index in [-0.39, 0.29) is 17.7 Å². The molecule has 0 amide bonds. The van der Waals surface area contributed by atoms with E-state index >= 15 is 26.3 Å². The Morgan fingerprint density at radius 2 is 1.62 bits per heavy atom. The summed E-state index contributed by atoms with van der Waals surface area (Å²) in [6, 6.07) is 8.99. The van der Waals surface area contributed by atoms with Crippen molar-refractivity contribution in [1.29, 1.82) is 0 Å². The molecule has 0 bridgehead atoms. The fourth-order valence-corrected chi connectivity index (χ4v) is 4.65. The number of ether oxygens (including phenoxy) is 1. The molecule has 0 saturated heterocycles. The average molecular weight is 478 g/mol. The van der Waals surface area contributed by atoms with Crippen molar-refractivity contribution >= 4 is 5.57 Å². The molecule has 0 spiro atoms. The van der Waals surface area contributed by atoms with Crippen LogP contribution >= 0.6 is 0 Å². The third-order valence-electron chi connectivity index (χ3n) is 6.37. The molecule has 0 saturated carbocycles. The third kappa shape index (κ3) is 3.61. The number of halogens is 6. The molecule has 2 atom stereocenters. The molecule has 0 N–H and O–H groups in total. The molecule has 7 heteroatoms. The van der Waals surface area contributed by atoms with E-state index in [1.165, 1.54) is 19.1 Å². The van der Waals surface area contributed by atoms with Gasteiger partial charge < -0.3 is 4.74 Å². The highest BCUT2D eigenvalue weighted by molar-refractivity contribution is 5.89. The van der Waals surface area contributed by atoms with Crippen molar-refractivity contribution in [2.45, 2.75) is 44.6 Å². The maximum Gasteiger partial charge on any atom is 0.343 e. The zero-order chi connectivity index (χ0) is 24.8. The molecule has 2 aromatic carbocycles. The first-order valence-electron chi connectivity index (χ1n) is 11.1. The van der Waals surface area contributed by atoms with E-state index in [1.54, 1.807) is 37.3 Å². The second-order valence-corrected chi connectivity index (χ2v) is 8.56. The summed E-state index contributed by atoms with van der Waals surface area (Å²) in [7, 11) is 0. The summed E-state index contributed by atoms with van der Waals surface area (Å²) < 4.78 is 96.6. The highest BCUT2D eigenvalue weighted by Crippen LogP contribution is 2.60. The number of allylic oxidation sites excluding steroid dienone is 3. The van der Waals surface area contributed by atoms with Crippen LogP contribution in [-0.2, 0) is 17.1 Å². The van der Waals surface area contributed by atoms with Gasteiger partial charge in [0.15, 0.2) is 0 Å². The van der Waals surface area contributed by atoms with Crippen LogP contribution in [0.4, 0.5) is 26.3 Å². The van der Waals surface area contributed by atoms with Gasteiger partial charge in [-0.3, -0.25) is 0 Å². The SMILES string of the molecule is C=CCCc1ccc(-c2ccc3c(c2F)C(F)(F)C(F)(F)C2=C(F)C(OCC)C(C)C=C23)cc1. The lowest BCUT2D eigenvalue weighted by Gasteiger charge is -2.40. The molecule has 0 aromatic heterocycles. The number of alkyl halides is 4. The molecular formula is C27H24F6O.